The van der Waals surface area contributed by atoms with Crippen LogP contribution in [0.4, 0.5) is 11.6 Å². The third-order valence-electron chi connectivity index (χ3n) is 4.25. The van der Waals surface area contributed by atoms with Crippen LogP contribution in [-0.4, -0.2) is 23.1 Å². The van der Waals surface area contributed by atoms with E-state index in [2.05, 4.69) is 57.4 Å². The van der Waals surface area contributed by atoms with E-state index in [0.29, 0.717) is 0 Å². The molecule has 2 heterocycles. The molecule has 0 aliphatic carbocycles. The van der Waals surface area contributed by atoms with Crippen molar-refractivity contribution < 1.29 is 0 Å². The maximum absolute atomic E-state index is 4.61. The summed E-state index contributed by atoms with van der Waals surface area (Å²) in [5.41, 5.74) is 1.26. The van der Waals surface area contributed by atoms with Crippen LogP contribution in [0.15, 0.2) is 36.4 Å². The second-order valence-electron chi connectivity index (χ2n) is 6.17. The van der Waals surface area contributed by atoms with Gasteiger partial charge in [-0.05, 0) is 31.2 Å². The fourth-order valence-corrected chi connectivity index (χ4v) is 2.83. The van der Waals surface area contributed by atoms with Gasteiger partial charge in [-0.15, -0.1) is 0 Å². The van der Waals surface area contributed by atoms with Gasteiger partial charge in [0.05, 0.1) is 0 Å². The van der Waals surface area contributed by atoms with Crippen LogP contribution in [0.1, 0.15) is 31.2 Å². The molecule has 1 aromatic heterocycles. The predicted octanol–water partition coefficient (Wildman–Crippen LogP) is 3.63. The molecule has 0 spiro atoms. The third-order valence-corrected chi connectivity index (χ3v) is 4.25. The van der Waals surface area contributed by atoms with Crippen LogP contribution in [0.5, 0.6) is 0 Å². The summed E-state index contributed by atoms with van der Waals surface area (Å²) in [4.78, 5) is 11.5. The van der Waals surface area contributed by atoms with E-state index in [0.717, 1.165) is 43.0 Å². The molecule has 3 rings (SSSR count). The Kier molecular flexibility index (Phi) is 4.56. The zero-order valence-electron chi connectivity index (χ0n) is 13.4. The lowest BCUT2D eigenvalue weighted by molar-refractivity contribution is 0.436. The van der Waals surface area contributed by atoms with Gasteiger partial charge in [0, 0.05) is 25.7 Å². The summed E-state index contributed by atoms with van der Waals surface area (Å²) in [6.45, 7) is 7.26. The van der Waals surface area contributed by atoms with Crippen LogP contribution in [0.3, 0.4) is 0 Å². The maximum atomic E-state index is 4.61. The smallest absolute Gasteiger partial charge is 0.134 e. The molecule has 4 nitrogen and oxygen atoms in total. The minimum atomic E-state index is 0.785. The zero-order valence-corrected chi connectivity index (χ0v) is 13.4. The highest BCUT2D eigenvalue weighted by Crippen LogP contribution is 2.23. The molecule has 1 N–H and O–H groups in total. The number of nitrogens with zero attached hydrogens (tertiary/aromatic N) is 3. The minimum absolute atomic E-state index is 0.785. The number of aryl methyl sites for hydroxylation is 1. The zero-order chi connectivity index (χ0) is 15.4. The van der Waals surface area contributed by atoms with E-state index in [1.54, 1.807) is 0 Å². The molecule has 0 unspecified atom stereocenters. The molecule has 1 aromatic carbocycles. The van der Waals surface area contributed by atoms with Crippen LogP contribution in [0.25, 0.3) is 0 Å². The highest BCUT2D eigenvalue weighted by molar-refractivity contribution is 5.50. The summed E-state index contributed by atoms with van der Waals surface area (Å²) < 4.78 is 0. The van der Waals surface area contributed by atoms with Crippen LogP contribution >= 0.6 is 0 Å². The highest BCUT2D eigenvalue weighted by Gasteiger charge is 2.17. The normalized spacial score (nSPS) is 15.8. The Balaban J connectivity index is 1.70. The van der Waals surface area contributed by atoms with Crippen molar-refractivity contribution in [2.24, 2.45) is 5.92 Å². The first kappa shape index (κ1) is 14.8. The first-order valence-corrected chi connectivity index (χ1v) is 8.09. The SMILES string of the molecule is Cc1nc(NCc2ccccc2)cc(N2CCC(C)CC2)n1. The number of nitrogens with one attached hydrogen (secondary N) is 1. The maximum Gasteiger partial charge on any atom is 0.134 e. The molecule has 0 amide bonds. The molecule has 0 radical (unpaired) electrons. The third kappa shape index (κ3) is 3.75. The van der Waals surface area contributed by atoms with Crippen molar-refractivity contribution >= 4 is 11.6 Å². The van der Waals surface area contributed by atoms with E-state index in [9.17, 15) is 0 Å². The second-order valence-corrected chi connectivity index (χ2v) is 6.17. The average Bonchev–Trinajstić information content (AvgIpc) is 2.54. The Bertz CT molecular complexity index is 604. The molecule has 0 bridgehead atoms. The molecular formula is C18H24N4. The fraction of sp³-hybridized carbons (Fsp3) is 0.444. The van der Waals surface area contributed by atoms with Gasteiger partial charge in [-0.2, -0.15) is 0 Å². The average molecular weight is 296 g/mol. The van der Waals surface area contributed by atoms with Crippen molar-refractivity contribution in [3.63, 3.8) is 0 Å². The number of aromatic nitrogens is 2. The van der Waals surface area contributed by atoms with E-state index in [-0.39, 0.29) is 0 Å². The van der Waals surface area contributed by atoms with Crippen molar-refractivity contribution in [3.05, 3.63) is 47.8 Å². The molecule has 116 valence electrons. The van der Waals surface area contributed by atoms with Crippen molar-refractivity contribution in [1.29, 1.82) is 0 Å². The van der Waals surface area contributed by atoms with E-state index < -0.39 is 0 Å². The molecule has 1 saturated heterocycles. The van der Waals surface area contributed by atoms with Crippen LogP contribution in [0, 0.1) is 12.8 Å². The molecule has 0 atom stereocenters. The van der Waals surface area contributed by atoms with Gasteiger partial charge >= 0.3 is 0 Å². The molecule has 1 aliphatic rings. The highest BCUT2D eigenvalue weighted by atomic mass is 15.2. The summed E-state index contributed by atoms with van der Waals surface area (Å²) in [6, 6.07) is 12.5. The first-order valence-electron chi connectivity index (χ1n) is 8.09. The lowest BCUT2D eigenvalue weighted by Gasteiger charge is -2.31. The largest absolute Gasteiger partial charge is 0.366 e. The Labute approximate surface area is 132 Å². The molecule has 1 aliphatic heterocycles. The van der Waals surface area contributed by atoms with E-state index in [1.165, 1.54) is 18.4 Å². The van der Waals surface area contributed by atoms with Crippen LogP contribution in [-0.2, 0) is 6.54 Å². The number of benzene rings is 1. The quantitative estimate of drug-likeness (QED) is 0.935. The van der Waals surface area contributed by atoms with E-state index in [4.69, 9.17) is 0 Å². The molecule has 4 heteroatoms. The number of hydrogen-bond donors (Lipinski definition) is 1. The van der Waals surface area contributed by atoms with E-state index >= 15 is 0 Å². The molecule has 0 saturated carbocycles. The van der Waals surface area contributed by atoms with Crippen molar-refractivity contribution in [1.82, 2.24) is 9.97 Å². The number of anilines is 2. The second kappa shape index (κ2) is 6.77. The lowest BCUT2D eigenvalue weighted by Crippen LogP contribution is -2.33. The van der Waals surface area contributed by atoms with Crippen LogP contribution in [0.2, 0.25) is 0 Å². The number of piperidine rings is 1. The molecule has 22 heavy (non-hydrogen) atoms. The summed E-state index contributed by atoms with van der Waals surface area (Å²) in [6.07, 6.45) is 2.49. The Morgan fingerprint density at radius 1 is 1.14 bits per heavy atom. The Morgan fingerprint density at radius 3 is 2.59 bits per heavy atom. The first-order chi connectivity index (χ1) is 10.7. The van der Waals surface area contributed by atoms with Gasteiger partial charge in [0.1, 0.15) is 17.5 Å². The number of hydrogen-bond acceptors (Lipinski definition) is 4. The van der Waals surface area contributed by atoms with Gasteiger partial charge in [0.25, 0.3) is 0 Å². The van der Waals surface area contributed by atoms with Gasteiger partial charge in [-0.1, -0.05) is 37.3 Å². The summed E-state index contributed by atoms with van der Waals surface area (Å²) in [5.74, 6) is 3.61. The van der Waals surface area contributed by atoms with Crippen molar-refractivity contribution in [3.8, 4) is 0 Å². The van der Waals surface area contributed by atoms with Gasteiger partial charge < -0.3 is 10.2 Å². The van der Waals surface area contributed by atoms with Gasteiger partial charge in [0.15, 0.2) is 0 Å². The standard InChI is InChI=1S/C18H24N4/c1-14-8-10-22(11-9-14)18-12-17(20-15(2)21-18)19-13-16-6-4-3-5-7-16/h3-7,12,14H,8-11,13H2,1-2H3,(H,19,20,21). The van der Waals surface area contributed by atoms with Gasteiger partial charge in [-0.25, -0.2) is 9.97 Å². The molecular weight excluding hydrogens is 272 g/mol. The summed E-state index contributed by atoms with van der Waals surface area (Å²) >= 11 is 0. The van der Waals surface area contributed by atoms with Gasteiger partial charge in [-0.3, -0.25) is 0 Å². The summed E-state index contributed by atoms with van der Waals surface area (Å²) in [5, 5.41) is 3.41. The Morgan fingerprint density at radius 2 is 1.86 bits per heavy atom. The molecule has 1 fully saturated rings. The Hall–Kier alpha value is -2.10. The monoisotopic (exact) mass is 296 g/mol. The topological polar surface area (TPSA) is 41.1 Å². The van der Waals surface area contributed by atoms with Gasteiger partial charge in [0.2, 0.25) is 0 Å². The minimum Gasteiger partial charge on any atom is -0.366 e. The summed E-state index contributed by atoms with van der Waals surface area (Å²) in [7, 11) is 0. The number of rotatable bonds is 4. The fourth-order valence-electron chi connectivity index (χ4n) is 2.83. The predicted molar refractivity (Wildman–Crippen MR) is 91.1 cm³/mol. The lowest BCUT2D eigenvalue weighted by atomic mass is 9.99. The van der Waals surface area contributed by atoms with E-state index in [1.807, 2.05) is 13.0 Å². The molecule has 2 aromatic rings. The van der Waals surface area contributed by atoms with Crippen molar-refractivity contribution in [2.45, 2.75) is 33.2 Å². The van der Waals surface area contributed by atoms with Crippen LogP contribution < -0.4 is 10.2 Å². The van der Waals surface area contributed by atoms with Crippen molar-refractivity contribution in [2.75, 3.05) is 23.3 Å².